The molecule has 0 unspecified atom stereocenters. The fraction of sp³-hybridized carbons (Fsp3) is 0.267. The lowest BCUT2D eigenvalue weighted by Gasteiger charge is -2.14. The highest BCUT2D eigenvalue weighted by Crippen LogP contribution is 2.09. The molecule has 0 aromatic heterocycles. The van der Waals surface area contributed by atoms with Gasteiger partial charge in [-0.15, -0.1) is 6.58 Å². The van der Waals surface area contributed by atoms with E-state index in [-0.39, 0.29) is 17.5 Å². The van der Waals surface area contributed by atoms with Crippen molar-refractivity contribution in [1.29, 1.82) is 0 Å². The van der Waals surface area contributed by atoms with Crippen LogP contribution in [-0.2, 0) is 9.53 Å². The second-order valence-corrected chi connectivity index (χ2v) is 4.60. The maximum absolute atomic E-state index is 12.0. The molecule has 0 aliphatic rings. The van der Waals surface area contributed by atoms with Gasteiger partial charge in [0.25, 0.3) is 5.91 Å². The lowest BCUT2D eigenvalue weighted by atomic mass is 10.1. The highest BCUT2D eigenvalue weighted by atomic mass is 16.5. The van der Waals surface area contributed by atoms with Gasteiger partial charge >= 0.3 is 11.9 Å². The van der Waals surface area contributed by atoms with Crippen LogP contribution in [0.15, 0.2) is 36.4 Å². The molecule has 1 aromatic rings. The van der Waals surface area contributed by atoms with Gasteiger partial charge in [0.2, 0.25) is 0 Å². The summed E-state index contributed by atoms with van der Waals surface area (Å²) in [5, 5.41) is 11.5. The summed E-state index contributed by atoms with van der Waals surface area (Å²) in [4.78, 5) is 34.5. The zero-order valence-electron chi connectivity index (χ0n) is 11.9. The van der Waals surface area contributed by atoms with Gasteiger partial charge in [0.15, 0.2) is 0 Å². The van der Waals surface area contributed by atoms with Crippen molar-refractivity contribution in [2.24, 2.45) is 0 Å². The van der Waals surface area contributed by atoms with Crippen LogP contribution in [0, 0.1) is 0 Å². The zero-order chi connectivity index (χ0) is 16.0. The standard InChI is InChI=1S/C15H17NO5/c1-9(2)7-12(14(18)19)16-13(17)10-5-4-6-11(8-10)15(20)21-3/h4-6,8,12H,1,7H2,2-3H3,(H,16,17)(H,18,19)/t12-/m0/s1. The maximum Gasteiger partial charge on any atom is 0.337 e. The van der Waals surface area contributed by atoms with E-state index in [0.717, 1.165) is 0 Å². The third kappa shape index (κ3) is 4.76. The first-order valence-corrected chi connectivity index (χ1v) is 6.21. The van der Waals surface area contributed by atoms with Gasteiger partial charge in [-0.05, 0) is 31.5 Å². The van der Waals surface area contributed by atoms with Crippen LogP contribution in [0.3, 0.4) is 0 Å². The number of carboxylic acids is 1. The Labute approximate surface area is 122 Å². The molecule has 6 nitrogen and oxygen atoms in total. The first-order chi connectivity index (χ1) is 9.85. The Balaban J connectivity index is 2.90. The van der Waals surface area contributed by atoms with Crippen LogP contribution in [0.1, 0.15) is 34.1 Å². The summed E-state index contributed by atoms with van der Waals surface area (Å²) in [6, 6.07) is 4.81. The first kappa shape index (κ1) is 16.4. The third-order valence-corrected chi connectivity index (χ3v) is 2.70. The molecule has 0 aliphatic carbocycles. The Hall–Kier alpha value is -2.63. The second kappa shape index (κ2) is 7.23. The van der Waals surface area contributed by atoms with E-state index in [1.165, 1.54) is 31.4 Å². The molecule has 0 radical (unpaired) electrons. The smallest absolute Gasteiger partial charge is 0.337 e. The summed E-state index contributed by atoms with van der Waals surface area (Å²) in [6.07, 6.45) is 0.137. The molecule has 1 aromatic carbocycles. The monoisotopic (exact) mass is 291 g/mol. The van der Waals surface area contributed by atoms with Crippen molar-refractivity contribution in [3.63, 3.8) is 0 Å². The van der Waals surface area contributed by atoms with E-state index < -0.39 is 23.9 Å². The number of hydrogen-bond acceptors (Lipinski definition) is 4. The summed E-state index contributed by atoms with van der Waals surface area (Å²) in [6.45, 7) is 5.31. The molecule has 1 rings (SSSR count). The number of aliphatic carboxylic acids is 1. The predicted octanol–water partition coefficient (Wildman–Crippen LogP) is 1.62. The molecule has 0 spiro atoms. The van der Waals surface area contributed by atoms with Crippen molar-refractivity contribution in [1.82, 2.24) is 5.32 Å². The van der Waals surface area contributed by atoms with Gasteiger partial charge in [0, 0.05) is 5.56 Å². The number of carboxylic acid groups (broad SMARTS) is 1. The quantitative estimate of drug-likeness (QED) is 0.613. The van der Waals surface area contributed by atoms with Crippen LogP contribution in [0.25, 0.3) is 0 Å². The van der Waals surface area contributed by atoms with Gasteiger partial charge in [-0.2, -0.15) is 0 Å². The van der Waals surface area contributed by atoms with Crippen LogP contribution in [-0.4, -0.2) is 36.1 Å². The van der Waals surface area contributed by atoms with E-state index >= 15 is 0 Å². The molecule has 21 heavy (non-hydrogen) atoms. The highest BCUT2D eigenvalue weighted by molar-refractivity contribution is 5.99. The molecule has 0 saturated carbocycles. The Bertz CT molecular complexity index is 579. The summed E-state index contributed by atoms with van der Waals surface area (Å²) in [7, 11) is 1.24. The third-order valence-electron chi connectivity index (χ3n) is 2.70. The number of amides is 1. The van der Waals surface area contributed by atoms with E-state index in [0.29, 0.717) is 5.57 Å². The van der Waals surface area contributed by atoms with Gasteiger partial charge in [-0.1, -0.05) is 11.6 Å². The second-order valence-electron chi connectivity index (χ2n) is 4.60. The molecular formula is C15H17NO5. The lowest BCUT2D eigenvalue weighted by Crippen LogP contribution is -2.40. The predicted molar refractivity (Wildman–Crippen MR) is 76.1 cm³/mol. The van der Waals surface area contributed by atoms with Crippen LogP contribution in [0.2, 0.25) is 0 Å². The molecule has 0 aliphatic heterocycles. The van der Waals surface area contributed by atoms with Crippen molar-refractivity contribution in [2.75, 3.05) is 7.11 Å². The molecule has 1 amide bonds. The van der Waals surface area contributed by atoms with Crippen LogP contribution >= 0.6 is 0 Å². The Kier molecular flexibility index (Phi) is 5.66. The average Bonchev–Trinajstić information content (AvgIpc) is 2.45. The van der Waals surface area contributed by atoms with Crippen LogP contribution in [0.4, 0.5) is 0 Å². The number of ether oxygens (including phenoxy) is 1. The first-order valence-electron chi connectivity index (χ1n) is 6.21. The molecule has 2 N–H and O–H groups in total. The van der Waals surface area contributed by atoms with Crippen molar-refractivity contribution in [3.05, 3.63) is 47.5 Å². The number of hydrogen-bond donors (Lipinski definition) is 2. The number of rotatable bonds is 6. The summed E-state index contributed by atoms with van der Waals surface area (Å²) >= 11 is 0. The van der Waals surface area contributed by atoms with E-state index in [9.17, 15) is 14.4 Å². The Morgan fingerprint density at radius 2 is 1.95 bits per heavy atom. The van der Waals surface area contributed by atoms with E-state index in [1.807, 2.05) is 0 Å². The molecule has 1 atom stereocenters. The van der Waals surface area contributed by atoms with E-state index in [2.05, 4.69) is 16.6 Å². The Morgan fingerprint density at radius 3 is 2.48 bits per heavy atom. The largest absolute Gasteiger partial charge is 0.480 e. The number of carbonyl (C=O) groups excluding carboxylic acids is 2. The number of methoxy groups -OCH3 is 1. The summed E-state index contributed by atoms with van der Waals surface area (Å²) in [5.74, 6) is -2.29. The van der Waals surface area contributed by atoms with Crippen LogP contribution < -0.4 is 5.32 Å². The summed E-state index contributed by atoms with van der Waals surface area (Å²) < 4.78 is 4.57. The number of benzene rings is 1. The van der Waals surface area contributed by atoms with E-state index in [1.54, 1.807) is 6.92 Å². The highest BCUT2D eigenvalue weighted by Gasteiger charge is 2.21. The van der Waals surface area contributed by atoms with Crippen molar-refractivity contribution >= 4 is 17.8 Å². The molecule has 112 valence electrons. The fourth-order valence-corrected chi connectivity index (χ4v) is 1.70. The van der Waals surface area contributed by atoms with Gasteiger partial charge in [0.05, 0.1) is 12.7 Å². The fourth-order valence-electron chi connectivity index (χ4n) is 1.70. The topological polar surface area (TPSA) is 92.7 Å². The molecule has 0 bridgehead atoms. The molecule has 0 heterocycles. The number of nitrogens with one attached hydrogen (secondary N) is 1. The van der Waals surface area contributed by atoms with Gasteiger partial charge in [-0.3, -0.25) is 4.79 Å². The van der Waals surface area contributed by atoms with Crippen LogP contribution in [0.5, 0.6) is 0 Å². The minimum Gasteiger partial charge on any atom is -0.480 e. The minimum absolute atomic E-state index is 0.137. The van der Waals surface area contributed by atoms with Gasteiger partial charge in [-0.25, -0.2) is 9.59 Å². The number of carbonyl (C=O) groups is 3. The average molecular weight is 291 g/mol. The minimum atomic E-state index is -1.14. The lowest BCUT2D eigenvalue weighted by molar-refractivity contribution is -0.139. The van der Waals surface area contributed by atoms with Crippen molar-refractivity contribution in [3.8, 4) is 0 Å². The maximum atomic E-state index is 12.0. The van der Waals surface area contributed by atoms with Gasteiger partial charge < -0.3 is 15.2 Å². The molecular weight excluding hydrogens is 274 g/mol. The SMILES string of the molecule is C=C(C)C[C@H](NC(=O)c1cccc(C(=O)OC)c1)C(=O)O. The summed E-state index contributed by atoms with van der Waals surface area (Å²) in [5.41, 5.74) is 1.05. The normalized spacial score (nSPS) is 11.3. The molecule has 6 heteroatoms. The zero-order valence-corrected chi connectivity index (χ0v) is 11.9. The molecule has 0 saturated heterocycles. The molecule has 0 fully saturated rings. The Morgan fingerprint density at radius 1 is 1.33 bits per heavy atom. The van der Waals surface area contributed by atoms with Crippen molar-refractivity contribution in [2.45, 2.75) is 19.4 Å². The van der Waals surface area contributed by atoms with E-state index in [4.69, 9.17) is 5.11 Å². The number of esters is 1. The van der Waals surface area contributed by atoms with Gasteiger partial charge in [0.1, 0.15) is 6.04 Å². The van der Waals surface area contributed by atoms with Crippen molar-refractivity contribution < 1.29 is 24.2 Å².